The molecule has 3 atom stereocenters. The van der Waals surface area contributed by atoms with Crippen molar-refractivity contribution in [1.29, 1.82) is 0 Å². The predicted octanol–water partition coefficient (Wildman–Crippen LogP) is 17.0. The molecule has 0 aliphatic heterocycles. The van der Waals surface area contributed by atoms with Gasteiger partial charge in [-0.05, 0) is 146 Å². The smallest absolute Gasteiger partial charge is 0.313 e. The van der Waals surface area contributed by atoms with Crippen molar-refractivity contribution in [2.45, 2.75) is 134 Å². The number of carbonyl (C=O) groups is 3. The lowest BCUT2D eigenvalue weighted by molar-refractivity contribution is -0.145. The van der Waals surface area contributed by atoms with E-state index >= 15 is 0 Å². The predicted molar refractivity (Wildman–Crippen MR) is 342 cm³/mol. The monoisotopic (exact) mass is 1170 g/mol. The Morgan fingerprint density at radius 3 is 0.862 bits per heavy atom. The zero-order chi connectivity index (χ0) is 60.2. The topological polar surface area (TPSA) is 145 Å². The summed E-state index contributed by atoms with van der Waals surface area (Å²) in [5.74, 6) is 2.47. The Morgan fingerprint density at radius 1 is 0.333 bits per heavy atom. The molecule has 3 heterocycles. The van der Waals surface area contributed by atoms with Crippen LogP contribution in [-0.4, -0.2) is 54.2 Å². The number of pyridine rings is 3. The molecule has 12 heteroatoms. The molecule has 0 saturated heterocycles. The van der Waals surface area contributed by atoms with Crippen molar-refractivity contribution in [2.24, 2.45) is 17.8 Å². The molecular weight excluding hydrogens is 1090 g/mol. The first-order chi connectivity index (χ1) is 42.7. The molecule has 3 aliphatic rings. The van der Waals surface area contributed by atoms with Crippen LogP contribution in [0.4, 0.5) is 0 Å². The number of nitrogens with zero attached hydrogens (tertiary/aromatic N) is 3. The number of methoxy groups -OCH3 is 3. The van der Waals surface area contributed by atoms with E-state index < -0.39 is 0 Å². The fourth-order valence-electron chi connectivity index (χ4n) is 12.9. The molecule has 3 saturated carbocycles. The second kappa shape index (κ2) is 31.1. The van der Waals surface area contributed by atoms with E-state index in [-0.39, 0.29) is 35.7 Å². The Morgan fingerprint density at radius 2 is 0.586 bits per heavy atom. The molecule has 0 bridgehead atoms. The van der Waals surface area contributed by atoms with Crippen LogP contribution in [0.15, 0.2) is 182 Å². The molecule has 12 rings (SSSR count). The number of benzene rings is 6. The lowest BCUT2D eigenvalue weighted by Crippen LogP contribution is -2.25. The summed E-state index contributed by atoms with van der Waals surface area (Å²) in [5, 5.41) is 3.37. The van der Waals surface area contributed by atoms with Gasteiger partial charge in [-0.15, -0.1) is 0 Å². The first-order valence-corrected chi connectivity index (χ1v) is 31.2. The van der Waals surface area contributed by atoms with E-state index in [2.05, 4.69) is 45.3 Å². The Labute approximate surface area is 512 Å². The average Bonchev–Trinajstić information content (AvgIpc) is 4.20. The maximum absolute atomic E-state index is 12.6. The van der Waals surface area contributed by atoms with Gasteiger partial charge < -0.3 is 28.4 Å². The normalized spacial score (nSPS) is 15.8. The van der Waals surface area contributed by atoms with Crippen LogP contribution in [0.3, 0.4) is 0 Å². The number of esters is 3. The van der Waals surface area contributed by atoms with Gasteiger partial charge in [-0.25, -0.2) is 15.0 Å². The Bertz CT molecular complexity index is 3650. The van der Waals surface area contributed by atoms with Gasteiger partial charge in [-0.2, -0.15) is 0 Å². The third kappa shape index (κ3) is 16.7. The minimum atomic E-state index is -0.190. The number of carbonyl (C=O) groups excluding carboxylic acids is 3. The molecule has 9 aromatic rings. The molecule has 3 unspecified atom stereocenters. The van der Waals surface area contributed by atoms with Crippen LogP contribution >= 0.6 is 0 Å². The summed E-state index contributed by atoms with van der Waals surface area (Å²) in [6.07, 6.45) is 17.5. The minimum absolute atomic E-state index is 0.129. The molecule has 0 amide bonds. The largest absolute Gasteiger partial charge is 0.487 e. The van der Waals surface area contributed by atoms with Gasteiger partial charge in [0.05, 0.1) is 72.7 Å². The van der Waals surface area contributed by atoms with Crippen molar-refractivity contribution >= 4 is 50.6 Å². The Kier molecular flexibility index (Phi) is 22.0. The Balaban J connectivity index is 0.000000145. The molecular formula is C75H81N3O9. The zero-order valence-corrected chi connectivity index (χ0v) is 50.5. The highest BCUT2D eigenvalue weighted by molar-refractivity contribution is 5.81. The van der Waals surface area contributed by atoms with Gasteiger partial charge >= 0.3 is 17.9 Å². The number of hydrogen-bond donors (Lipinski definition) is 0. The van der Waals surface area contributed by atoms with Crippen molar-refractivity contribution in [3.05, 3.63) is 216 Å². The lowest BCUT2D eigenvalue weighted by atomic mass is 9.77. The van der Waals surface area contributed by atoms with Crippen molar-refractivity contribution in [2.75, 3.05) is 21.3 Å². The number of fused-ring (bicyclic) bond motifs is 3. The highest BCUT2D eigenvalue weighted by Gasteiger charge is 2.34. The maximum atomic E-state index is 12.6. The highest BCUT2D eigenvalue weighted by Crippen LogP contribution is 2.41. The third-order valence-corrected chi connectivity index (χ3v) is 17.6. The van der Waals surface area contributed by atoms with Crippen LogP contribution in [-0.2, 0) is 48.4 Å². The SMILES string of the molecule is COC(=O)C(c1ccc(OCc2ccc3ccccc3n2)cc1)C1CCCC1.COC(=O)C(c1ccc(OCc2ccc3ccccc3n2)cc1)C1CCCCC1.COC(=O)C(c1ccc(OCc2ccc3ccccc3n2)cc1)C1CCCCCC1. The molecule has 0 spiro atoms. The number of rotatable bonds is 18. The van der Waals surface area contributed by atoms with E-state index in [0.717, 1.165) is 122 Å². The molecule has 3 aromatic heterocycles. The molecule has 0 radical (unpaired) electrons. The second-order valence-electron chi connectivity index (χ2n) is 23.3. The number of aromatic nitrogens is 3. The van der Waals surface area contributed by atoms with Gasteiger partial charge in [-0.3, -0.25) is 14.4 Å². The molecule has 12 nitrogen and oxygen atoms in total. The van der Waals surface area contributed by atoms with Crippen LogP contribution in [0.1, 0.15) is 148 Å². The minimum Gasteiger partial charge on any atom is -0.487 e. The quantitative estimate of drug-likeness (QED) is 0.0458. The molecule has 6 aromatic carbocycles. The van der Waals surface area contributed by atoms with Gasteiger partial charge in [0, 0.05) is 16.2 Å². The summed E-state index contributed by atoms with van der Waals surface area (Å²) < 4.78 is 33.1. The number of hydrogen-bond acceptors (Lipinski definition) is 12. The van der Waals surface area contributed by atoms with Crippen molar-refractivity contribution in [3.8, 4) is 17.2 Å². The van der Waals surface area contributed by atoms with E-state index in [1.165, 1.54) is 79.1 Å². The van der Waals surface area contributed by atoms with Crippen LogP contribution < -0.4 is 14.2 Å². The van der Waals surface area contributed by atoms with E-state index in [4.69, 9.17) is 28.4 Å². The summed E-state index contributed by atoms with van der Waals surface area (Å²) >= 11 is 0. The van der Waals surface area contributed by atoms with E-state index in [9.17, 15) is 14.4 Å². The van der Waals surface area contributed by atoms with Gasteiger partial charge in [0.1, 0.15) is 37.1 Å². The Hall–Kier alpha value is -8.64. The number of para-hydroxylation sites is 3. The van der Waals surface area contributed by atoms with Gasteiger partial charge in [0.25, 0.3) is 0 Å². The third-order valence-electron chi connectivity index (χ3n) is 17.6. The summed E-state index contributed by atoms with van der Waals surface area (Å²) in [6.45, 7) is 1.23. The van der Waals surface area contributed by atoms with Crippen LogP contribution in [0, 0.1) is 17.8 Å². The van der Waals surface area contributed by atoms with Gasteiger partial charge in [-0.1, -0.05) is 167 Å². The summed E-state index contributed by atoms with van der Waals surface area (Å²) in [4.78, 5) is 51.3. The molecule has 3 aliphatic carbocycles. The molecule has 87 heavy (non-hydrogen) atoms. The zero-order valence-electron chi connectivity index (χ0n) is 50.5. The molecule has 0 N–H and O–H groups in total. The second-order valence-corrected chi connectivity index (χ2v) is 23.3. The van der Waals surface area contributed by atoms with Crippen LogP contribution in [0.2, 0.25) is 0 Å². The lowest BCUT2D eigenvalue weighted by Gasteiger charge is -2.28. The van der Waals surface area contributed by atoms with Gasteiger partial charge in [0.15, 0.2) is 0 Å². The van der Waals surface area contributed by atoms with E-state index in [0.29, 0.717) is 37.6 Å². The van der Waals surface area contributed by atoms with Crippen molar-refractivity contribution in [3.63, 3.8) is 0 Å². The first kappa shape index (κ1) is 61.4. The fourth-order valence-corrected chi connectivity index (χ4v) is 12.9. The van der Waals surface area contributed by atoms with Gasteiger partial charge in [0.2, 0.25) is 0 Å². The van der Waals surface area contributed by atoms with Crippen molar-refractivity contribution in [1.82, 2.24) is 15.0 Å². The average molecular weight is 1170 g/mol. The standard InChI is InChI=1S/C26H29NO3.C25H27NO3.C24H25NO3/c1-29-26(28)25(20-9-4-2-3-5-10-20)21-13-16-23(17-14-21)30-18-22-15-12-19-8-6-7-11-24(19)27-22;1-28-25(27)24(19-8-3-2-4-9-19)20-12-15-22(16-13-20)29-17-21-14-11-18-7-5-6-10-23(18)26-21;1-27-24(26)23(18-7-2-3-8-18)19-11-14-21(15-12-19)28-16-20-13-10-17-6-4-5-9-22(17)25-20/h6-8,11-17,20,25H,2-5,9-10,18H2,1H3;5-7,10-16,19,24H,2-4,8-9,17H2,1H3;4-6,9-15,18,23H,2-3,7-8,16H2,1H3. The summed E-state index contributed by atoms with van der Waals surface area (Å²) in [6, 6.07) is 60.0. The summed E-state index contributed by atoms with van der Waals surface area (Å²) in [5.41, 5.74) is 8.62. The van der Waals surface area contributed by atoms with Crippen LogP contribution in [0.25, 0.3) is 32.7 Å². The number of ether oxygens (including phenoxy) is 6. The van der Waals surface area contributed by atoms with Crippen molar-refractivity contribution < 1.29 is 42.8 Å². The maximum Gasteiger partial charge on any atom is 0.313 e. The summed E-state index contributed by atoms with van der Waals surface area (Å²) in [7, 11) is 4.44. The van der Waals surface area contributed by atoms with E-state index in [1.807, 2.05) is 152 Å². The molecule has 3 fully saturated rings. The van der Waals surface area contributed by atoms with E-state index in [1.54, 1.807) is 0 Å². The molecule has 450 valence electrons. The fraction of sp³-hybridized carbons (Fsp3) is 0.360. The van der Waals surface area contributed by atoms with Crippen LogP contribution in [0.5, 0.6) is 17.2 Å². The first-order valence-electron chi connectivity index (χ1n) is 31.2. The highest BCUT2D eigenvalue weighted by atomic mass is 16.5.